The summed E-state index contributed by atoms with van der Waals surface area (Å²) in [7, 11) is 1.24. The maximum absolute atomic E-state index is 12.5. The molecule has 0 aromatic heterocycles. The predicted molar refractivity (Wildman–Crippen MR) is 164 cm³/mol. The van der Waals surface area contributed by atoms with Crippen molar-refractivity contribution in [1.29, 1.82) is 0 Å². The molecule has 0 rings (SSSR count). The molecule has 0 aliphatic carbocycles. The molecule has 9 heteroatoms. The highest BCUT2D eigenvalue weighted by Crippen LogP contribution is 2.38. The molecule has 8 nitrogen and oxygen atoms in total. The van der Waals surface area contributed by atoms with E-state index in [1.54, 1.807) is 6.08 Å². The Morgan fingerprint density at radius 3 is 2.02 bits per heavy atom. The number of hydrogen-bond donors (Lipinski definition) is 2. The lowest BCUT2D eigenvalue weighted by Crippen LogP contribution is -2.45. The van der Waals surface area contributed by atoms with Crippen LogP contribution in [0.2, 0.25) is 0 Å². The largest absolute Gasteiger partial charge is 0.756 e. The van der Waals surface area contributed by atoms with Crippen LogP contribution in [0.5, 0.6) is 0 Å². The number of aliphatic hydroxyl groups excluding tert-OH is 1. The van der Waals surface area contributed by atoms with Gasteiger partial charge in [-0.1, -0.05) is 102 Å². The van der Waals surface area contributed by atoms with Crippen LogP contribution in [0.3, 0.4) is 0 Å². The molecule has 0 bridgehead atoms. The van der Waals surface area contributed by atoms with Crippen LogP contribution < -0.4 is 10.2 Å². The minimum atomic E-state index is -4.57. The molecule has 236 valence electrons. The zero-order valence-electron chi connectivity index (χ0n) is 26.3. The molecule has 0 radical (unpaired) electrons. The third-order valence-corrected chi connectivity index (χ3v) is 7.63. The van der Waals surface area contributed by atoms with Gasteiger partial charge in [-0.3, -0.25) is 9.36 Å². The van der Waals surface area contributed by atoms with Gasteiger partial charge < -0.3 is 28.8 Å². The lowest BCUT2D eigenvalue weighted by molar-refractivity contribution is -0.870. The van der Waals surface area contributed by atoms with Crippen LogP contribution in [0.4, 0.5) is 0 Å². The second kappa shape index (κ2) is 24.6. The number of quaternary nitrogens is 1. The maximum Gasteiger partial charge on any atom is 0.268 e. The number of amides is 1. The lowest BCUT2D eigenvalue weighted by atomic mass is 10.1. The van der Waals surface area contributed by atoms with Crippen LogP contribution in [-0.4, -0.2) is 68.5 Å². The van der Waals surface area contributed by atoms with Gasteiger partial charge in [-0.05, 0) is 32.1 Å². The van der Waals surface area contributed by atoms with Gasteiger partial charge in [0, 0.05) is 6.42 Å². The Labute approximate surface area is 245 Å². The lowest BCUT2D eigenvalue weighted by Gasteiger charge is -2.29. The molecule has 0 aliphatic heterocycles. The zero-order valence-corrected chi connectivity index (χ0v) is 27.2. The molecule has 0 aromatic carbocycles. The topological polar surface area (TPSA) is 108 Å². The number of nitrogens with one attached hydrogen (secondary N) is 1. The van der Waals surface area contributed by atoms with E-state index < -0.39 is 26.6 Å². The molecule has 0 spiro atoms. The van der Waals surface area contributed by atoms with Gasteiger partial charge in [-0.2, -0.15) is 0 Å². The number of carbonyl (C=O) groups excluding carboxylic acids is 1. The Bertz CT molecular complexity index is 723. The highest BCUT2D eigenvalue weighted by molar-refractivity contribution is 7.45. The second-order valence-corrected chi connectivity index (χ2v) is 13.2. The molecule has 3 atom stereocenters. The minimum Gasteiger partial charge on any atom is -0.756 e. The van der Waals surface area contributed by atoms with E-state index in [4.69, 9.17) is 9.05 Å². The van der Waals surface area contributed by atoms with Crippen LogP contribution in [-0.2, 0) is 18.4 Å². The van der Waals surface area contributed by atoms with E-state index in [0.717, 1.165) is 38.5 Å². The van der Waals surface area contributed by atoms with Crippen molar-refractivity contribution in [3.63, 3.8) is 0 Å². The molecule has 1 amide bonds. The summed E-state index contributed by atoms with van der Waals surface area (Å²) >= 11 is 0. The van der Waals surface area contributed by atoms with Gasteiger partial charge in [0.15, 0.2) is 0 Å². The molecule has 0 saturated heterocycles. The van der Waals surface area contributed by atoms with Gasteiger partial charge in [-0.15, -0.1) is 0 Å². The van der Waals surface area contributed by atoms with E-state index >= 15 is 0 Å². The number of allylic oxidation sites excluding steroid dienone is 3. The minimum absolute atomic E-state index is 0.00579. The first-order valence-electron chi connectivity index (χ1n) is 15.7. The third-order valence-electron chi connectivity index (χ3n) is 6.66. The molecular formula is C31H61N2O6P. The summed E-state index contributed by atoms with van der Waals surface area (Å²) in [5, 5.41) is 13.5. The average Bonchev–Trinajstić information content (AvgIpc) is 2.88. The summed E-state index contributed by atoms with van der Waals surface area (Å²) in [5.41, 5.74) is 0. The molecule has 0 aromatic rings. The van der Waals surface area contributed by atoms with Crippen molar-refractivity contribution in [2.24, 2.45) is 0 Å². The van der Waals surface area contributed by atoms with Gasteiger partial charge in [0.05, 0.1) is 39.9 Å². The fourth-order valence-electron chi connectivity index (χ4n) is 4.05. The standard InChI is InChI=1S/C31H61N2O6P/c1-6-8-10-12-14-15-16-17-18-19-20-22-24-30(34)29(32-31(35)25-23-21-13-11-9-7-2)28-39-40(36,37)38-27-26-33(3,4)5/h17-18,22,24,29-30,34H,6-16,19-21,23,25-28H2,1-5H3,(H-,32,35,36,37)/b18-17+,24-22+. The van der Waals surface area contributed by atoms with Gasteiger partial charge in [0.25, 0.3) is 7.82 Å². The predicted octanol–water partition coefficient (Wildman–Crippen LogP) is 6.43. The van der Waals surface area contributed by atoms with Crippen LogP contribution >= 0.6 is 7.82 Å². The molecule has 0 saturated carbocycles. The molecule has 3 unspecified atom stereocenters. The Kier molecular flexibility index (Phi) is 23.9. The first-order chi connectivity index (χ1) is 19.0. The van der Waals surface area contributed by atoms with E-state index in [1.807, 2.05) is 27.2 Å². The molecule has 0 heterocycles. The zero-order chi connectivity index (χ0) is 30.1. The van der Waals surface area contributed by atoms with Gasteiger partial charge in [0.2, 0.25) is 5.91 Å². The van der Waals surface area contributed by atoms with Crippen LogP contribution in [0.1, 0.15) is 117 Å². The number of carbonyl (C=O) groups is 1. The van der Waals surface area contributed by atoms with Crippen LogP contribution in [0.25, 0.3) is 0 Å². The number of phosphoric acid groups is 1. The quantitative estimate of drug-likeness (QED) is 0.0495. The van der Waals surface area contributed by atoms with Gasteiger partial charge in [-0.25, -0.2) is 0 Å². The van der Waals surface area contributed by atoms with Crippen molar-refractivity contribution in [2.45, 2.75) is 129 Å². The smallest absolute Gasteiger partial charge is 0.268 e. The highest BCUT2D eigenvalue weighted by Gasteiger charge is 2.23. The number of aliphatic hydroxyl groups is 1. The second-order valence-electron chi connectivity index (χ2n) is 11.8. The van der Waals surface area contributed by atoms with E-state index in [1.165, 1.54) is 57.8 Å². The molecule has 0 aliphatic rings. The summed E-state index contributed by atoms with van der Waals surface area (Å²) < 4.78 is 22.8. The fourth-order valence-corrected chi connectivity index (χ4v) is 4.77. The van der Waals surface area contributed by atoms with E-state index in [9.17, 15) is 19.4 Å². The molecular weight excluding hydrogens is 527 g/mol. The Morgan fingerprint density at radius 1 is 0.850 bits per heavy atom. The van der Waals surface area contributed by atoms with Gasteiger partial charge in [0.1, 0.15) is 13.2 Å². The van der Waals surface area contributed by atoms with E-state index in [0.29, 0.717) is 17.4 Å². The SMILES string of the molecule is CCCCCCCC/C=C/CC/C=C/C(O)C(COP(=O)([O-])OCC[N+](C)(C)C)NC(=O)CCCCCCCC. The number of likely N-dealkylation sites (N-methyl/N-ethyl adjacent to an activating group) is 1. The van der Waals surface area contributed by atoms with E-state index in [2.05, 4.69) is 31.3 Å². The molecule has 0 fully saturated rings. The van der Waals surface area contributed by atoms with Crippen molar-refractivity contribution >= 4 is 13.7 Å². The summed E-state index contributed by atoms with van der Waals surface area (Å²) in [6.07, 6.45) is 23.9. The summed E-state index contributed by atoms with van der Waals surface area (Å²) in [5.74, 6) is -0.221. The third kappa shape index (κ3) is 25.9. The number of hydrogen-bond acceptors (Lipinski definition) is 6. The maximum atomic E-state index is 12.5. The normalized spacial score (nSPS) is 15.5. The van der Waals surface area contributed by atoms with Crippen LogP contribution in [0, 0.1) is 0 Å². The first kappa shape index (κ1) is 39.0. The number of unbranched alkanes of at least 4 members (excludes halogenated alkanes) is 12. The van der Waals surface area contributed by atoms with Crippen molar-refractivity contribution in [2.75, 3.05) is 40.9 Å². The van der Waals surface area contributed by atoms with Crippen molar-refractivity contribution < 1.29 is 32.9 Å². The van der Waals surface area contributed by atoms with Gasteiger partial charge >= 0.3 is 0 Å². The number of nitrogens with zero attached hydrogens (tertiary/aromatic N) is 1. The number of rotatable bonds is 27. The Balaban J connectivity index is 4.71. The molecule has 2 N–H and O–H groups in total. The van der Waals surface area contributed by atoms with Crippen molar-refractivity contribution in [3.8, 4) is 0 Å². The highest BCUT2D eigenvalue weighted by atomic mass is 31.2. The molecule has 40 heavy (non-hydrogen) atoms. The summed E-state index contributed by atoms with van der Waals surface area (Å²) in [4.78, 5) is 24.8. The monoisotopic (exact) mass is 588 g/mol. The number of phosphoric ester groups is 1. The van der Waals surface area contributed by atoms with E-state index in [-0.39, 0.29) is 12.5 Å². The Hall–Kier alpha value is -1.02. The summed E-state index contributed by atoms with van der Waals surface area (Å²) in [6, 6.07) is -0.892. The fraction of sp³-hybridized carbons (Fsp3) is 0.839. The van der Waals surface area contributed by atoms with Crippen LogP contribution in [0.15, 0.2) is 24.3 Å². The summed E-state index contributed by atoms with van der Waals surface area (Å²) in [6.45, 7) is 4.49. The van der Waals surface area contributed by atoms with Crippen molar-refractivity contribution in [3.05, 3.63) is 24.3 Å². The average molecular weight is 589 g/mol. The van der Waals surface area contributed by atoms with Crippen molar-refractivity contribution in [1.82, 2.24) is 5.32 Å². The first-order valence-corrected chi connectivity index (χ1v) is 17.2. The Morgan fingerprint density at radius 2 is 1.40 bits per heavy atom.